The lowest BCUT2D eigenvalue weighted by Gasteiger charge is -2.22. The van der Waals surface area contributed by atoms with E-state index in [2.05, 4.69) is 5.32 Å². The van der Waals surface area contributed by atoms with Crippen LogP contribution in [-0.2, 0) is 17.4 Å². The smallest absolute Gasteiger partial charge is 0.259 e. The Labute approximate surface area is 232 Å². The lowest BCUT2D eigenvalue weighted by molar-refractivity contribution is -0.110. The van der Waals surface area contributed by atoms with Gasteiger partial charge in [0.25, 0.3) is 5.56 Å². The number of ether oxygens (including phenoxy) is 1. The first kappa shape index (κ1) is 28.5. The lowest BCUT2D eigenvalue weighted by atomic mass is 9.93. The zero-order valence-electron chi connectivity index (χ0n) is 23.4. The Morgan fingerprint density at radius 3 is 2.28 bits per heavy atom. The van der Waals surface area contributed by atoms with Crippen LogP contribution < -0.4 is 15.6 Å². The predicted octanol–water partition coefficient (Wildman–Crippen LogP) is 6.64. The third-order valence-corrected chi connectivity index (χ3v) is 8.08. The number of aryl methyl sites for hydroxylation is 4. The molecule has 206 valence electrons. The molecule has 0 radical (unpaired) electrons. The highest BCUT2D eigenvalue weighted by Gasteiger charge is 2.36. The summed E-state index contributed by atoms with van der Waals surface area (Å²) in [7, 11) is 1.73. The van der Waals surface area contributed by atoms with Crippen LogP contribution in [0.4, 0.5) is 4.39 Å². The maximum atomic E-state index is 13.8. The van der Waals surface area contributed by atoms with Crippen LogP contribution in [0, 0.1) is 26.6 Å². The minimum atomic E-state index is -1.06. The van der Waals surface area contributed by atoms with Crippen LogP contribution >= 0.6 is 11.3 Å². The molecule has 5 rings (SSSR count). The molecule has 0 atom stereocenters. The lowest BCUT2D eigenvalue weighted by Crippen LogP contribution is -2.25. The highest BCUT2D eigenvalue weighted by atomic mass is 32.1. The number of nitrogens with zero attached hydrogens (tertiary/aromatic N) is 1. The zero-order chi connectivity index (χ0) is 28.7. The standard InChI is InChI=1S/C26H26FNO3S.C5H9NO/c1-14-9-18(27)10-15(2)23(14)31-22-8-7-17(26(4,5)30)12-19(22)21-13-28(6)25(29)20-11-16(3)32-24(20)21;1-5(2-3-5)6-4-7/h7-13,30H,1-6H3;4H,2-3H2,1H3,(H,6,7). The van der Waals surface area contributed by atoms with Crippen molar-refractivity contribution in [3.63, 3.8) is 0 Å². The monoisotopic (exact) mass is 550 g/mol. The van der Waals surface area contributed by atoms with Gasteiger partial charge in [-0.2, -0.15) is 0 Å². The van der Waals surface area contributed by atoms with Gasteiger partial charge in [0.1, 0.15) is 17.3 Å². The first-order valence-corrected chi connectivity index (χ1v) is 13.7. The molecule has 2 aromatic heterocycles. The summed E-state index contributed by atoms with van der Waals surface area (Å²) in [4.78, 5) is 23.5. The number of nitrogens with one attached hydrogen (secondary N) is 1. The number of thiophene rings is 1. The molecule has 4 aromatic rings. The van der Waals surface area contributed by atoms with E-state index in [-0.39, 0.29) is 16.9 Å². The molecule has 0 aliphatic heterocycles. The molecule has 1 amide bonds. The van der Waals surface area contributed by atoms with Crippen molar-refractivity contribution in [2.75, 3.05) is 0 Å². The number of benzene rings is 2. The minimum absolute atomic E-state index is 0.0561. The second kappa shape index (κ2) is 10.6. The summed E-state index contributed by atoms with van der Waals surface area (Å²) in [6, 6.07) is 10.3. The molecule has 2 heterocycles. The van der Waals surface area contributed by atoms with Gasteiger partial charge in [-0.3, -0.25) is 9.59 Å². The minimum Gasteiger partial charge on any atom is -0.456 e. The summed E-state index contributed by atoms with van der Waals surface area (Å²) in [6.07, 6.45) is 4.87. The fourth-order valence-electron chi connectivity index (χ4n) is 4.42. The van der Waals surface area contributed by atoms with Crippen molar-refractivity contribution in [1.82, 2.24) is 9.88 Å². The third kappa shape index (κ3) is 6.23. The molecular formula is C31H35FN2O4S. The van der Waals surface area contributed by atoms with Crippen LogP contribution in [0.15, 0.2) is 47.4 Å². The van der Waals surface area contributed by atoms with Crippen molar-refractivity contribution >= 4 is 27.8 Å². The highest BCUT2D eigenvalue weighted by molar-refractivity contribution is 7.19. The highest BCUT2D eigenvalue weighted by Crippen LogP contribution is 2.42. The van der Waals surface area contributed by atoms with Gasteiger partial charge in [0.2, 0.25) is 6.41 Å². The molecule has 1 saturated carbocycles. The number of pyridine rings is 1. The SMILES string of the molecule is CC1(NC=O)CC1.Cc1cc2c(=O)n(C)cc(-c3cc(C(C)(C)O)ccc3Oc3c(C)cc(F)cc3C)c2s1. The van der Waals surface area contributed by atoms with E-state index in [1.54, 1.807) is 43.0 Å². The molecule has 0 unspecified atom stereocenters. The molecule has 2 N–H and O–H groups in total. The number of rotatable bonds is 6. The van der Waals surface area contributed by atoms with Gasteiger partial charge >= 0.3 is 0 Å². The molecule has 2 aromatic carbocycles. The topological polar surface area (TPSA) is 80.6 Å². The van der Waals surface area contributed by atoms with Crippen molar-refractivity contribution in [3.8, 4) is 22.6 Å². The van der Waals surface area contributed by atoms with Crippen molar-refractivity contribution in [1.29, 1.82) is 0 Å². The Bertz CT molecular complexity index is 1590. The number of amides is 1. The van der Waals surface area contributed by atoms with Gasteiger partial charge in [-0.05, 0) is 101 Å². The van der Waals surface area contributed by atoms with Gasteiger partial charge in [-0.15, -0.1) is 11.3 Å². The number of fused-ring (bicyclic) bond motifs is 1. The number of carbonyl (C=O) groups excluding carboxylic acids is 1. The van der Waals surface area contributed by atoms with E-state index in [0.717, 1.165) is 45.5 Å². The van der Waals surface area contributed by atoms with Gasteiger partial charge in [-0.25, -0.2) is 4.39 Å². The van der Waals surface area contributed by atoms with Gasteiger partial charge in [-0.1, -0.05) is 6.07 Å². The summed E-state index contributed by atoms with van der Waals surface area (Å²) >= 11 is 1.55. The Kier molecular flexibility index (Phi) is 7.74. The van der Waals surface area contributed by atoms with E-state index in [4.69, 9.17) is 4.74 Å². The van der Waals surface area contributed by atoms with Crippen LogP contribution in [-0.4, -0.2) is 21.6 Å². The average molecular weight is 551 g/mol. The van der Waals surface area contributed by atoms with E-state index in [0.29, 0.717) is 28.0 Å². The average Bonchev–Trinajstić information content (AvgIpc) is 3.43. The van der Waals surface area contributed by atoms with Crippen molar-refractivity contribution < 1.29 is 19.0 Å². The normalized spacial score (nSPS) is 14.0. The van der Waals surface area contributed by atoms with E-state index < -0.39 is 5.60 Å². The first-order chi connectivity index (χ1) is 18.2. The largest absolute Gasteiger partial charge is 0.456 e. The molecule has 6 nitrogen and oxygen atoms in total. The van der Waals surface area contributed by atoms with Crippen LogP contribution in [0.3, 0.4) is 0 Å². The van der Waals surface area contributed by atoms with Crippen molar-refractivity contribution in [2.24, 2.45) is 7.05 Å². The second-order valence-corrected chi connectivity index (χ2v) is 12.4. The van der Waals surface area contributed by atoms with E-state index >= 15 is 0 Å². The Hall–Kier alpha value is -3.49. The molecule has 1 aliphatic carbocycles. The summed E-state index contributed by atoms with van der Waals surface area (Å²) in [5.74, 6) is 0.854. The number of aliphatic hydroxyl groups is 1. The first-order valence-electron chi connectivity index (χ1n) is 12.9. The maximum Gasteiger partial charge on any atom is 0.259 e. The van der Waals surface area contributed by atoms with Gasteiger partial charge < -0.3 is 19.7 Å². The molecule has 0 spiro atoms. The Morgan fingerprint density at radius 2 is 1.74 bits per heavy atom. The molecule has 0 saturated heterocycles. The van der Waals surface area contributed by atoms with Crippen LogP contribution in [0.25, 0.3) is 21.2 Å². The van der Waals surface area contributed by atoms with E-state index in [9.17, 15) is 19.1 Å². The van der Waals surface area contributed by atoms with Crippen LogP contribution in [0.5, 0.6) is 11.5 Å². The molecule has 0 bridgehead atoms. The third-order valence-electron chi connectivity index (χ3n) is 6.99. The van der Waals surface area contributed by atoms with Crippen molar-refractivity contribution in [3.05, 3.63) is 80.3 Å². The molecule has 1 aliphatic rings. The number of halogens is 1. The summed E-state index contributed by atoms with van der Waals surface area (Å²) < 4.78 is 22.6. The second-order valence-electron chi connectivity index (χ2n) is 11.1. The summed E-state index contributed by atoms with van der Waals surface area (Å²) in [5, 5.41) is 14.0. The van der Waals surface area contributed by atoms with Crippen LogP contribution in [0.2, 0.25) is 0 Å². The van der Waals surface area contributed by atoms with Gasteiger partial charge in [0.05, 0.1) is 11.0 Å². The fourth-order valence-corrected chi connectivity index (χ4v) is 5.45. The quantitative estimate of drug-likeness (QED) is 0.264. The number of hydrogen-bond donors (Lipinski definition) is 2. The van der Waals surface area contributed by atoms with Crippen LogP contribution in [0.1, 0.15) is 55.2 Å². The van der Waals surface area contributed by atoms with Gasteiger partial charge in [0.15, 0.2) is 0 Å². The molecule has 1 fully saturated rings. The Balaban J connectivity index is 0.000000438. The maximum absolute atomic E-state index is 13.8. The number of hydrogen-bond acceptors (Lipinski definition) is 5. The molecule has 39 heavy (non-hydrogen) atoms. The number of carbonyl (C=O) groups is 1. The van der Waals surface area contributed by atoms with E-state index in [1.165, 1.54) is 12.1 Å². The molecular weight excluding hydrogens is 515 g/mol. The van der Waals surface area contributed by atoms with Gasteiger partial charge in [0, 0.05) is 39.5 Å². The Morgan fingerprint density at radius 1 is 1.10 bits per heavy atom. The van der Waals surface area contributed by atoms with E-state index in [1.807, 2.05) is 52.0 Å². The fraction of sp³-hybridized carbons (Fsp3) is 0.355. The molecule has 8 heteroatoms. The predicted molar refractivity (Wildman–Crippen MR) is 155 cm³/mol. The number of aromatic nitrogens is 1. The zero-order valence-corrected chi connectivity index (χ0v) is 24.3. The summed E-state index contributed by atoms with van der Waals surface area (Å²) in [5.41, 5.74) is 2.79. The van der Waals surface area contributed by atoms with Crippen molar-refractivity contribution in [2.45, 2.75) is 65.5 Å². The summed E-state index contributed by atoms with van der Waals surface area (Å²) in [6.45, 7) is 11.1.